The molecule has 1 aliphatic heterocycles. The van der Waals surface area contributed by atoms with Gasteiger partial charge in [0.1, 0.15) is 11.7 Å². The van der Waals surface area contributed by atoms with Gasteiger partial charge in [-0.15, -0.1) is 0 Å². The van der Waals surface area contributed by atoms with Crippen molar-refractivity contribution in [1.29, 1.82) is 5.26 Å². The molecule has 1 amide bonds. The minimum absolute atomic E-state index is 0.353. The van der Waals surface area contributed by atoms with Gasteiger partial charge >= 0.3 is 6.09 Å². The predicted molar refractivity (Wildman–Crippen MR) is 84.0 cm³/mol. The fraction of sp³-hybridized carbons (Fsp3) is 0.529. The van der Waals surface area contributed by atoms with Crippen LogP contribution in [-0.2, 0) is 14.9 Å². The Bertz CT molecular complexity index is 628. The van der Waals surface area contributed by atoms with E-state index in [0.717, 1.165) is 5.56 Å². The number of ether oxygens (including phenoxy) is 2. The molecule has 0 fully saturated rings. The standard InChI is InChI=1S/C17H22N2O3/c1-16(2,3)22-15(20)19-10-17(4,11-21-5)13-8-6-7-12(9-18)14(13)19/h6-8H,10-11H2,1-5H3. The number of methoxy groups -OCH3 is 1. The lowest BCUT2D eigenvalue weighted by Crippen LogP contribution is -2.40. The zero-order valence-corrected chi connectivity index (χ0v) is 13.8. The molecule has 1 atom stereocenters. The van der Waals surface area contributed by atoms with Gasteiger partial charge in [0, 0.05) is 19.1 Å². The predicted octanol–water partition coefficient (Wildman–Crippen LogP) is 3.22. The van der Waals surface area contributed by atoms with E-state index in [2.05, 4.69) is 6.07 Å². The maximum absolute atomic E-state index is 12.5. The Morgan fingerprint density at radius 2 is 2.14 bits per heavy atom. The van der Waals surface area contributed by atoms with E-state index in [9.17, 15) is 10.1 Å². The Kier molecular flexibility index (Phi) is 4.17. The van der Waals surface area contributed by atoms with E-state index in [1.807, 2.05) is 39.8 Å². The van der Waals surface area contributed by atoms with Crippen molar-refractivity contribution in [3.8, 4) is 6.07 Å². The van der Waals surface area contributed by atoms with Crippen molar-refractivity contribution in [1.82, 2.24) is 0 Å². The van der Waals surface area contributed by atoms with Gasteiger partial charge in [-0.3, -0.25) is 4.90 Å². The zero-order valence-electron chi connectivity index (χ0n) is 13.8. The van der Waals surface area contributed by atoms with Crippen LogP contribution < -0.4 is 4.90 Å². The van der Waals surface area contributed by atoms with Crippen LogP contribution >= 0.6 is 0 Å². The van der Waals surface area contributed by atoms with E-state index in [1.165, 1.54) is 0 Å². The Balaban J connectivity index is 2.49. The molecule has 0 saturated carbocycles. The summed E-state index contributed by atoms with van der Waals surface area (Å²) in [5.41, 5.74) is 1.12. The average Bonchev–Trinajstić information content (AvgIpc) is 2.71. The number of nitrogens with zero attached hydrogens (tertiary/aromatic N) is 2. The normalized spacial score (nSPS) is 20.5. The molecule has 5 nitrogen and oxygen atoms in total. The van der Waals surface area contributed by atoms with Gasteiger partial charge in [-0.2, -0.15) is 5.26 Å². The number of rotatable bonds is 2. The Labute approximate surface area is 131 Å². The van der Waals surface area contributed by atoms with Crippen LogP contribution in [0.5, 0.6) is 0 Å². The molecule has 0 bridgehead atoms. The summed E-state index contributed by atoms with van der Waals surface area (Å²) in [6, 6.07) is 7.66. The van der Waals surface area contributed by atoms with Gasteiger partial charge in [-0.05, 0) is 32.4 Å². The van der Waals surface area contributed by atoms with Crippen LogP contribution in [0.1, 0.15) is 38.8 Å². The average molecular weight is 302 g/mol. The number of fused-ring (bicyclic) bond motifs is 1. The van der Waals surface area contributed by atoms with Crippen molar-refractivity contribution in [2.24, 2.45) is 0 Å². The van der Waals surface area contributed by atoms with Crippen molar-refractivity contribution in [2.75, 3.05) is 25.2 Å². The summed E-state index contributed by atoms with van der Waals surface area (Å²) in [6.07, 6.45) is -0.434. The highest BCUT2D eigenvalue weighted by atomic mass is 16.6. The minimum Gasteiger partial charge on any atom is -0.443 e. The SMILES string of the molecule is COCC1(C)CN(C(=O)OC(C)(C)C)c2c(C#N)cccc21. The lowest BCUT2D eigenvalue weighted by Gasteiger charge is -2.27. The van der Waals surface area contributed by atoms with Gasteiger partial charge < -0.3 is 9.47 Å². The molecule has 0 radical (unpaired) electrons. The Hall–Kier alpha value is -2.06. The van der Waals surface area contributed by atoms with Crippen molar-refractivity contribution >= 4 is 11.8 Å². The largest absolute Gasteiger partial charge is 0.443 e. The smallest absolute Gasteiger partial charge is 0.414 e. The molecule has 0 N–H and O–H groups in total. The molecular weight excluding hydrogens is 280 g/mol. The summed E-state index contributed by atoms with van der Waals surface area (Å²) in [5.74, 6) is 0. The Morgan fingerprint density at radius 1 is 1.45 bits per heavy atom. The van der Waals surface area contributed by atoms with Crippen molar-refractivity contribution in [3.63, 3.8) is 0 Å². The van der Waals surface area contributed by atoms with Gasteiger partial charge in [0.05, 0.1) is 17.9 Å². The van der Waals surface area contributed by atoms with Gasteiger partial charge in [0.15, 0.2) is 0 Å². The van der Waals surface area contributed by atoms with E-state index >= 15 is 0 Å². The minimum atomic E-state index is -0.584. The fourth-order valence-electron chi connectivity index (χ4n) is 2.84. The maximum Gasteiger partial charge on any atom is 0.414 e. The Morgan fingerprint density at radius 3 is 2.68 bits per heavy atom. The van der Waals surface area contributed by atoms with Crippen LogP contribution in [0.25, 0.3) is 0 Å². The van der Waals surface area contributed by atoms with E-state index in [-0.39, 0.29) is 5.41 Å². The summed E-state index contributed by atoms with van der Waals surface area (Å²) in [6.45, 7) is 8.41. The fourth-order valence-corrected chi connectivity index (χ4v) is 2.84. The number of amides is 1. The molecule has 1 unspecified atom stereocenters. The molecule has 118 valence electrons. The van der Waals surface area contributed by atoms with E-state index in [1.54, 1.807) is 18.1 Å². The van der Waals surface area contributed by atoms with E-state index < -0.39 is 11.7 Å². The third kappa shape index (κ3) is 2.93. The maximum atomic E-state index is 12.5. The molecule has 1 aliphatic rings. The third-order valence-corrected chi connectivity index (χ3v) is 3.66. The van der Waals surface area contributed by atoms with Crippen molar-refractivity contribution in [2.45, 2.75) is 38.7 Å². The van der Waals surface area contributed by atoms with Crippen molar-refractivity contribution in [3.05, 3.63) is 29.3 Å². The van der Waals surface area contributed by atoms with Crippen LogP contribution in [0.3, 0.4) is 0 Å². The van der Waals surface area contributed by atoms with E-state index in [0.29, 0.717) is 24.4 Å². The van der Waals surface area contributed by atoms with Crippen LogP contribution in [0.2, 0.25) is 0 Å². The first-order valence-corrected chi connectivity index (χ1v) is 7.25. The molecule has 1 aromatic rings. The molecule has 0 saturated heterocycles. The van der Waals surface area contributed by atoms with E-state index in [4.69, 9.17) is 9.47 Å². The summed E-state index contributed by atoms with van der Waals surface area (Å²) >= 11 is 0. The first-order valence-electron chi connectivity index (χ1n) is 7.25. The lowest BCUT2D eigenvalue weighted by atomic mass is 9.85. The second kappa shape index (κ2) is 5.62. The molecule has 1 aromatic carbocycles. The van der Waals surface area contributed by atoms with Gasteiger partial charge in [0.2, 0.25) is 0 Å². The third-order valence-electron chi connectivity index (χ3n) is 3.66. The molecule has 1 heterocycles. The summed E-state index contributed by atoms with van der Waals surface area (Å²) in [7, 11) is 1.63. The summed E-state index contributed by atoms with van der Waals surface area (Å²) in [4.78, 5) is 14.1. The highest BCUT2D eigenvalue weighted by Gasteiger charge is 2.44. The zero-order chi connectivity index (χ0) is 16.5. The second-order valence-corrected chi connectivity index (χ2v) is 6.87. The van der Waals surface area contributed by atoms with Crippen LogP contribution in [0, 0.1) is 11.3 Å². The lowest BCUT2D eigenvalue weighted by molar-refractivity contribution is 0.0571. The van der Waals surface area contributed by atoms with Crippen molar-refractivity contribution < 1.29 is 14.3 Å². The van der Waals surface area contributed by atoms with Crippen LogP contribution in [-0.4, -0.2) is 32.0 Å². The molecular formula is C17H22N2O3. The first-order chi connectivity index (χ1) is 10.2. The number of anilines is 1. The van der Waals surface area contributed by atoms with Crippen LogP contribution in [0.4, 0.5) is 10.5 Å². The topological polar surface area (TPSA) is 62.6 Å². The van der Waals surface area contributed by atoms with Gasteiger partial charge in [0.25, 0.3) is 0 Å². The molecule has 22 heavy (non-hydrogen) atoms. The highest BCUT2D eigenvalue weighted by molar-refractivity contribution is 5.93. The number of hydrogen-bond acceptors (Lipinski definition) is 4. The van der Waals surface area contributed by atoms with Crippen LogP contribution in [0.15, 0.2) is 18.2 Å². The van der Waals surface area contributed by atoms with Gasteiger partial charge in [-0.25, -0.2) is 4.79 Å². The molecule has 0 aliphatic carbocycles. The number of carbonyl (C=O) groups excluding carboxylic acids is 1. The summed E-state index contributed by atoms with van der Waals surface area (Å²) in [5, 5.41) is 9.37. The molecule has 0 spiro atoms. The first kappa shape index (κ1) is 16.3. The second-order valence-electron chi connectivity index (χ2n) is 6.87. The van der Waals surface area contributed by atoms with Gasteiger partial charge in [-0.1, -0.05) is 19.1 Å². The number of benzene rings is 1. The quantitative estimate of drug-likeness (QED) is 0.841. The monoisotopic (exact) mass is 302 g/mol. The number of carbonyl (C=O) groups is 1. The highest BCUT2D eigenvalue weighted by Crippen LogP contribution is 2.43. The summed E-state index contributed by atoms with van der Waals surface area (Å²) < 4.78 is 10.8. The number of hydrogen-bond donors (Lipinski definition) is 0. The number of nitriles is 1. The molecule has 2 rings (SSSR count). The molecule has 5 heteroatoms. The molecule has 0 aromatic heterocycles. The number of para-hydroxylation sites is 1.